The van der Waals surface area contributed by atoms with Gasteiger partial charge in [-0.25, -0.2) is 0 Å². The number of amides is 1. The highest BCUT2D eigenvalue weighted by Gasteiger charge is 2.26. The van der Waals surface area contributed by atoms with Crippen LogP contribution in [0.25, 0.3) is 0 Å². The Bertz CT molecular complexity index is 403. The topological polar surface area (TPSA) is 66.0 Å². The molecule has 4 nitrogen and oxygen atoms in total. The van der Waals surface area contributed by atoms with E-state index in [-0.39, 0.29) is 11.7 Å². The van der Waals surface area contributed by atoms with Crippen molar-refractivity contribution in [1.29, 1.82) is 5.26 Å². The fourth-order valence-corrected chi connectivity index (χ4v) is 1.11. The molecular weight excluding hydrogens is 192 g/mol. The monoisotopic (exact) mass is 206 g/mol. The number of carbonyl (C=O) groups is 1. The number of aryl methyl sites for hydroxylation is 1. The number of carbonyl (C=O) groups excluding carboxylic acids is 1. The van der Waals surface area contributed by atoms with Crippen LogP contribution >= 0.6 is 0 Å². The summed E-state index contributed by atoms with van der Waals surface area (Å²) in [7, 11) is 0. The van der Waals surface area contributed by atoms with E-state index in [2.05, 4.69) is 11.4 Å². The highest BCUT2D eigenvalue weighted by Crippen LogP contribution is 2.12. The second kappa shape index (κ2) is 4.18. The van der Waals surface area contributed by atoms with Gasteiger partial charge in [-0.2, -0.15) is 5.26 Å². The van der Waals surface area contributed by atoms with Gasteiger partial charge in [-0.15, -0.1) is 0 Å². The molecule has 0 aliphatic heterocycles. The molecule has 0 bridgehead atoms. The first-order valence-electron chi connectivity index (χ1n) is 4.80. The van der Waals surface area contributed by atoms with E-state index in [1.165, 1.54) is 6.26 Å². The number of nitrogens with one attached hydrogen (secondary N) is 1. The number of rotatable bonds is 3. The summed E-state index contributed by atoms with van der Waals surface area (Å²) in [4.78, 5) is 11.7. The van der Waals surface area contributed by atoms with Gasteiger partial charge in [0.1, 0.15) is 5.54 Å². The van der Waals surface area contributed by atoms with Crippen LogP contribution in [-0.4, -0.2) is 11.4 Å². The Labute approximate surface area is 88.9 Å². The summed E-state index contributed by atoms with van der Waals surface area (Å²) >= 11 is 0. The molecule has 0 aliphatic carbocycles. The van der Waals surface area contributed by atoms with E-state index < -0.39 is 5.54 Å². The average Bonchev–Trinajstić information content (AvgIpc) is 2.64. The van der Waals surface area contributed by atoms with Gasteiger partial charge in [-0.3, -0.25) is 4.79 Å². The van der Waals surface area contributed by atoms with Crippen LogP contribution < -0.4 is 5.32 Å². The molecule has 4 heteroatoms. The standard InChI is InChI=1S/C11H14N2O2/c1-4-11(3,7-12)13-10(14)9-8(2)5-6-15-9/h5-6H,4H2,1-3H3,(H,13,14). The minimum Gasteiger partial charge on any atom is -0.459 e. The van der Waals surface area contributed by atoms with Gasteiger partial charge in [-0.05, 0) is 26.3 Å². The smallest absolute Gasteiger partial charge is 0.288 e. The Morgan fingerprint density at radius 2 is 2.40 bits per heavy atom. The van der Waals surface area contributed by atoms with Gasteiger partial charge in [0.25, 0.3) is 5.91 Å². The molecule has 80 valence electrons. The highest BCUT2D eigenvalue weighted by molar-refractivity contribution is 5.93. The van der Waals surface area contributed by atoms with Crippen molar-refractivity contribution in [3.05, 3.63) is 23.7 Å². The van der Waals surface area contributed by atoms with Crippen molar-refractivity contribution in [1.82, 2.24) is 5.32 Å². The van der Waals surface area contributed by atoms with Gasteiger partial charge in [0.15, 0.2) is 5.76 Å². The zero-order valence-electron chi connectivity index (χ0n) is 9.13. The Hall–Kier alpha value is -1.76. The first-order valence-corrected chi connectivity index (χ1v) is 4.80. The second-order valence-electron chi connectivity index (χ2n) is 3.68. The van der Waals surface area contributed by atoms with Crippen LogP contribution in [0.5, 0.6) is 0 Å². The molecule has 1 aromatic rings. The summed E-state index contributed by atoms with van der Waals surface area (Å²) in [6.07, 6.45) is 2.01. The van der Waals surface area contributed by atoms with Crippen molar-refractivity contribution >= 4 is 5.91 Å². The molecular formula is C11H14N2O2. The molecule has 1 N–H and O–H groups in total. The summed E-state index contributed by atoms with van der Waals surface area (Å²) < 4.78 is 5.04. The van der Waals surface area contributed by atoms with Crippen LogP contribution in [0.3, 0.4) is 0 Å². The fourth-order valence-electron chi connectivity index (χ4n) is 1.11. The molecule has 1 unspecified atom stereocenters. The summed E-state index contributed by atoms with van der Waals surface area (Å²) in [5, 5.41) is 11.5. The number of furan rings is 1. The molecule has 0 aromatic carbocycles. The molecule has 1 amide bonds. The van der Waals surface area contributed by atoms with Crippen LogP contribution in [0.2, 0.25) is 0 Å². The normalized spacial score (nSPS) is 14.0. The lowest BCUT2D eigenvalue weighted by atomic mass is 10.0. The summed E-state index contributed by atoms with van der Waals surface area (Å²) in [6, 6.07) is 3.78. The number of hydrogen-bond acceptors (Lipinski definition) is 3. The van der Waals surface area contributed by atoms with Crippen molar-refractivity contribution in [2.45, 2.75) is 32.7 Å². The Kier molecular flexibility index (Phi) is 3.15. The average molecular weight is 206 g/mol. The van der Waals surface area contributed by atoms with E-state index in [1.54, 1.807) is 19.9 Å². The Morgan fingerprint density at radius 3 is 2.80 bits per heavy atom. The minimum absolute atomic E-state index is 0.268. The predicted molar refractivity (Wildman–Crippen MR) is 55.2 cm³/mol. The van der Waals surface area contributed by atoms with Crippen LogP contribution in [-0.2, 0) is 0 Å². The Morgan fingerprint density at radius 1 is 1.73 bits per heavy atom. The van der Waals surface area contributed by atoms with Crippen molar-refractivity contribution in [3.63, 3.8) is 0 Å². The fraction of sp³-hybridized carbons (Fsp3) is 0.455. The van der Waals surface area contributed by atoms with Gasteiger partial charge in [-0.1, -0.05) is 6.92 Å². The predicted octanol–water partition coefficient (Wildman–Crippen LogP) is 2.01. The molecule has 0 fully saturated rings. The quantitative estimate of drug-likeness (QED) is 0.822. The third-order valence-electron chi connectivity index (χ3n) is 2.41. The molecule has 0 saturated carbocycles. The van der Waals surface area contributed by atoms with Crippen LogP contribution in [0.1, 0.15) is 36.4 Å². The molecule has 15 heavy (non-hydrogen) atoms. The maximum absolute atomic E-state index is 11.7. The van der Waals surface area contributed by atoms with Gasteiger partial charge in [0.2, 0.25) is 0 Å². The van der Waals surface area contributed by atoms with E-state index in [9.17, 15) is 4.79 Å². The van der Waals surface area contributed by atoms with Gasteiger partial charge in [0.05, 0.1) is 12.3 Å². The van der Waals surface area contributed by atoms with E-state index >= 15 is 0 Å². The molecule has 0 saturated heterocycles. The molecule has 1 rings (SSSR count). The SMILES string of the molecule is CCC(C)(C#N)NC(=O)c1occc1C. The lowest BCUT2D eigenvalue weighted by Crippen LogP contribution is -2.44. The molecule has 0 aliphatic rings. The number of nitrogens with zero attached hydrogens (tertiary/aromatic N) is 1. The second-order valence-corrected chi connectivity index (χ2v) is 3.68. The van der Waals surface area contributed by atoms with Crippen molar-refractivity contribution in [3.8, 4) is 6.07 Å². The van der Waals surface area contributed by atoms with Gasteiger partial charge < -0.3 is 9.73 Å². The highest BCUT2D eigenvalue weighted by atomic mass is 16.3. The first kappa shape index (κ1) is 11.3. The Balaban J connectivity index is 2.82. The maximum Gasteiger partial charge on any atom is 0.288 e. The van der Waals surface area contributed by atoms with Crippen molar-refractivity contribution < 1.29 is 9.21 Å². The molecule has 1 aromatic heterocycles. The first-order chi connectivity index (χ1) is 7.02. The number of nitriles is 1. The minimum atomic E-state index is -0.837. The maximum atomic E-state index is 11.7. The third-order valence-corrected chi connectivity index (χ3v) is 2.41. The zero-order chi connectivity index (χ0) is 11.5. The van der Waals surface area contributed by atoms with E-state index in [1.807, 2.05) is 6.92 Å². The van der Waals surface area contributed by atoms with Crippen molar-refractivity contribution in [2.75, 3.05) is 0 Å². The lowest BCUT2D eigenvalue weighted by molar-refractivity contribution is 0.0894. The van der Waals surface area contributed by atoms with Gasteiger partial charge in [0, 0.05) is 5.56 Å². The molecule has 1 atom stereocenters. The van der Waals surface area contributed by atoms with E-state index in [4.69, 9.17) is 9.68 Å². The van der Waals surface area contributed by atoms with E-state index in [0.29, 0.717) is 6.42 Å². The third kappa shape index (κ3) is 2.38. The molecule has 0 radical (unpaired) electrons. The molecule has 1 heterocycles. The molecule has 0 spiro atoms. The van der Waals surface area contributed by atoms with Crippen molar-refractivity contribution in [2.24, 2.45) is 0 Å². The zero-order valence-corrected chi connectivity index (χ0v) is 9.13. The summed E-state index contributed by atoms with van der Waals surface area (Å²) in [5.74, 6) is -0.0756. The van der Waals surface area contributed by atoms with Crippen LogP contribution in [0, 0.1) is 18.3 Å². The summed E-state index contributed by atoms with van der Waals surface area (Å²) in [6.45, 7) is 5.32. The number of hydrogen-bond donors (Lipinski definition) is 1. The van der Waals surface area contributed by atoms with Gasteiger partial charge >= 0.3 is 0 Å². The van der Waals surface area contributed by atoms with Crippen LogP contribution in [0.15, 0.2) is 16.7 Å². The largest absolute Gasteiger partial charge is 0.459 e. The van der Waals surface area contributed by atoms with Crippen LogP contribution in [0.4, 0.5) is 0 Å². The lowest BCUT2D eigenvalue weighted by Gasteiger charge is -2.20. The van der Waals surface area contributed by atoms with E-state index in [0.717, 1.165) is 5.56 Å². The summed E-state index contributed by atoms with van der Waals surface area (Å²) in [5.41, 5.74) is -0.0695.